The van der Waals surface area contributed by atoms with Crippen LogP contribution in [0.4, 0.5) is 0 Å². The number of carbonyl (C=O) groups excluding carboxylic acids is 1. The van der Waals surface area contributed by atoms with E-state index in [2.05, 4.69) is 0 Å². The molecule has 92 valence electrons. The van der Waals surface area contributed by atoms with E-state index in [0.717, 1.165) is 12.2 Å². The standard InChI is InChI=1S/C15H14O3/c16-15(11-5-2-1-3-6-11)18-10-12-9-13(12)14-7-4-8-17-14/h1-8,12-13H,9-10H2/t12-,13-/m0/s1. The van der Waals surface area contributed by atoms with Crippen LogP contribution < -0.4 is 0 Å². The maximum absolute atomic E-state index is 11.7. The molecule has 1 aromatic heterocycles. The van der Waals surface area contributed by atoms with Gasteiger partial charge in [0.15, 0.2) is 0 Å². The molecule has 18 heavy (non-hydrogen) atoms. The first-order valence-corrected chi connectivity index (χ1v) is 6.10. The van der Waals surface area contributed by atoms with E-state index in [1.54, 1.807) is 18.4 Å². The molecule has 1 aromatic carbocycles. The molecule has 0 saturated heterocycles. The van der Waals surface area contributed by atoms with Gasteiger partial charge in [0.1, 0.15) is 5.76 Å². The summed E-state index contributed by atoms with van der Waals surface area (Å²) >= 11 is 0. The van der Waals surface area contributed by atoms with Gasteiger partial charge in [0.2, 0.25) is 0 Å². The average Bonchev–Trinajstić information content (AvgIpc) is 2.99. The molecular weight excluding hydrogens is 228 g/mol. The third-order valence-corrected chi connectivity index (χ3v) is 3.27. The van der Waals surface area contributed by atoms with Crippen molar-refractivity contribution in [3.8, 4) is 0 Å². The largest absolute Gasteiger partial charge is 0.469 e. The number of furan rings is 1. The Morgan fingerprint density at radius 1 is 1.22 bits per heavy atom. The molecule has 1 aliphatic carbocycles. The fourth-order valence-corrected chi connectivity index (χ4v) is 2.12. The molecule has 2 atom stereocenters. The Balaban J connectivity index is 1.50. The molecule has 1 saturated carbocycles. The SMILES string of the molecule is O=C(OC[C@@H]1C[C@@H]1c1ccco1)c1ccccc1. The van der Waals surface area contributed by atoms with Crippen molar-refractivity contribution in [1.82, 2.24) is 0 Å². The summed E-state index contributed by atoms with van der Waals surface area (Å²) in [6.07, 6.45) is 2.72. The highest BCUT2D eigenvalue weighted by atomic mass is 16.5. The molecule has 1 aliphatic rings. The lowest BCUT2D eigenvalue weighted by Crippen LogP contribution is -2.07. The van der Waals surface area contributed by atoms with Crippen LogP contribution in [0.15, 0.2) is 53.1 Å². The summed E-state index contributed by atoms with van der Waals surface area (Å²) < 4.78 is 10.6. The van der Waals surface area contributed by atoms with Gasteiger partial charge in [-0.1, -0.05) is 18.2 Å². The number of hydrogen-bond donors (Lipinski definition) is 0. The van der Waals surface area contributed by atoms with Gasteiger partial charge in [0.05, 0.1) is 18.4 Å². The molecule has 3 nitrogen and oxygen atoms in total. The first-order chi connectivity index (χ1) is 8.84. The molecule has 3 rings (SSSR count). The smallest absolute Gasteiger partial charge is 0.338 e. The zero-order chi connectivity index (χ0) is 12.4. The van der Waals surface area contributed by atoms with Crippen LogP contribution in [-0.4, -0.2) is 12.6 Å². The lowest BCUT2D eigenvalue weighted by molar-refractivity contribution is 0.0483. The topological polar surface area (TPSA) is 39.4 Å². The van der Waals surface area contributed by atoms with Crippen molar-refractivity contribution in [2.45, 2.75) is 12.3 Å². The van der Waals surface area contributed by atoms with Crippen LogP contribution >= 0.6 is 0 Å². The number of carbonyl (C=O) groups is 1. The number of rotatable bonds is 4. The second-order valence-corrected chi connectivity index (χ2v) is 4.58. The summed E-state index contributed by atoms with van der Waals surface area (Å²) in [7, 11) is 0. The van der Waals surface area contributed by atoms with E-state index in [4.69, 9.17) is 9.15 Å². The van der Waals surface area contributed by atoms with Gasteiger partial charge >= 0.3 is 5.97 Å². The van der Waals surface area contributed by atoms with Crippen LogP contribution in [-0.2, 0) is 4.74 Å². The van der Waals surface area contributed by atoms with Gasteiger partial charge in [-0.2, -0.15) is 0 Å². The summed E-state index contributed by atoms with van der Waals surface area (Å²) in [5.41, 5.74) is 0.604. The maximum Gasteiger partial charge on any atom is 0.338 e. The Bertz CT molecular complexity index is 516. The Hall–Kier alpha value is -2.03. The first-order valence-electron chi connectivity index (χ1n) is 6.10. The van der Waals surface area contributed by atoms with Crippen molar-refractivity contribution in [2.75, 3.05) is 6.61 Å². The van der Waals surface area contributed by atoms with E-state index in [9.17, 15) is 4.79 Å². The van der Waals surface area contributed by atoms with Crippen LogP contribution in [0.2, 0.25) is 0 Å². The minimum absolute atomic E-state index is 0.249. The quantitative estimate of drug-likeness (QED) is 0.773. The molecule has 0 bridgehead atoms. The van der Waals surface area contributed by atoms with E-state index in [1.165, 1.54) is 0 Å². The molecule has 0 amide bonds. The fourth-order valence-electron chi connectivity index (χ4n) is 2.12. The maximum atomic E-state index is 11.7. The van der Waals surface area contributed by atoms with E-state index in [1.807, 2.05) is 30.3 Å². The zero-order valence-corrected chi connectivity index (χ0v) is 9.91. The highest BCUT2D eigenvalue weighted by Crippen LogP contribution is 2.47. The Kier molecular flexibility index (Phi) is 2.89. The van der Waals surface area contributed by atoms with Crippen LogP contribution in [0.25, 0.3) is 0 Å². The molecule has 3 heteroatoms. The van der Waals surface area contributed by atoms with Crippen molar-refractivity contribution in [2.24, 2.45) is 5.92 Å². The second kappa shape index (κ2) is 4.69. The minimum Gasteiger partial charge on any atom is -0.469 e. The van der Waals surface area contributed by atoms with Gasteiger partial charge < -0.3 is 9.15 Å². The first kappa shape index (κ1) is 11.1. The lowest BCUT2D eigenvalue weighted by atomic mass is 10.2. The van der Waals surface area contributed by atoms with E-state index < -0.39 is 0 Å². The lowest BCUT2D eigenvalue weighted by Gasteiger charge is -2.03. The predicted octanol–water partition coefficient (Wildman–Crippen LogP) is 3.24. The molecule has 1 fully saturated rings. The van der Waals surface area contributed by atoms with E-state index >= 15 is 0 Å². The van der Waals surface area contributed by atoms with Crippen LogP contribution in [0.3, 0.4) is 0 Å². The second-order valence-electron chi connectivity index (χ2n) is 4.58. The molecule has 0 unspecified atom stereocenters. The van der Waals surface area contributed by atoms with Crippen LogP contribution in [0.5, 0.6) is 0 Å². The van der Waals surface area contributed by atoms with Crippen molar-refractivity contribution in [1.29, 1.82) is 0 Å². The molecule has 0 spiro atoms. The number of hydrogen-bond acceptors (Lipinski definition) is 3. The summed E-state index contributed by atoms with van der Waals surface area (Å²) in [6, 6.07) is 12.9. The average molecular weight is 242 g/mol. The van der Waals surface area contributed by atoms with Gasteiger partial charge in [-0.3, -0.25) is 0 Å². The van der Waals surface area contributed by atoms with Gasteiger partial charge in [-0.15, -0.1) is 0 Å². The van der Waals surface area contributed by atoms with Crippen molar-refractivity contribution in [3.63, 3.8) is 0 Å². The third kappa shape index (κ3) is 2.30. The molecule has 0 radical (unpaired) electrons. The van der Waals surface area contributed by atoms with Crippen LogP contribution in [0.1, 0.15) is 28.5 Å². The number of benzene rings is 1. The molecule has 0 aliphatic heterocycles. The molecule has 1 heterocycles. The van der Waals surface area contributed by atoms with Crippen molar-refractivity contribution in [3.05, 3.63) is 60.1 Å². The van der Waals surface area contributed by atoms with E-state index in [-0.39, 0.29) is 5.97 Å². The summed E-state index contributed by atoms with van der Waals surface area (Å²) in [5.74, 6) is 1.57. The Morgan fingerprint density at radius 3 is 2.78 bits per heavy atom. The highest BCUT2D eigenvalue weighted by Gasteiger charge is 2.41. The van der Waals surface area contributed by atoms with Crippen LogP contribution in [0, 0.1) is 5.92 Å². The fraction of sp³-hybridized carbons (Fsp3) is 0.267. The molecule has 2 aromatic rings. The minimum atomic E-state index is -0.249. The summed E-state index contributed by atoms with van der Waals surface area (Å²) in [4.78, 5) is 11.7. The zero-order valence-electron chi connectivity index (χ0n) is 9.91. The van der Waals surface area contributed by atoms with Gasteiger partial charge in [0.25, 0.3) is 0 Å². The van der Waals surface area contributed by atoms with E-state index in [0.29, 0.717) is 24.0 Å². The van der Waals surface area contributed by atoms with Gasteiger partial charge in [0, 0.05) is 11.8 Å². The normalized spacial score (nSPS) is 21.6. The Morgan fingerprint density at radius 2 is 2.06 bits per heavy atom. The molecular formula is C15H14O3. The monoisotopic (exact) mass is 242 g/mol. The number of esters is 1. The number of ether oxygens (including phenoxy) is 1. The highest BCUT2D eigenvalue weighted by molar-refractivity contribution is 5.89. The summed E-state index contributed by atoms with van der Waals surface area (Å²) in [6.45, 7) is 0.471. The van der Waals surface area contributed by atoms with Gasteiger partial charge in [-0.05, 0) is 30.7 Å². The summed E-state index contributed by atoms with van der Waals surface area (Å²) in [5, 5.41) is 0. The third-order valence-electron chi connectivity index (χ3n) is 3.27. The predicted molar refractivity (Wildman–Crippen MR) is 66.3 cm³/mol. The van der Waals surface area contributed by atoms with Crippen molar-refractivity contribution < 1.29 is 13.9 Å². The molecule has 0 N–H and O–H groups in total. The van der Waals surface area contributed by atoms with Gasteiger partial charge in [-0.25, -0.2) is 4.79 Å². The Labute approximate surface area is 105 Å². The van der Waals surface area contributed by atoms with Crippen molar-refractivity contribution >= 4 is 5.97 Å².